The van der Waals surface area contributed by atoms with E-state index in [2.05, 4.69) is 35.1 Å². The van der Waals surface area contributed by atoms with E-state index in [-0.39, 0.29) is 18.6 Å². The Morgan fingerprint density at radius 3 is 2.59 bits per heavy atom. The van der Waals surface area contributed by atoms with Crippen molar-refractivity contribution >= 4 is 27.8 Å². The summed E-state index contributed by atoms with van der Waals surface area (Å²) in [5.74, 6) is 0.369. The van der Waals surface area contributed by atoms with E-state index >= 15 is 0 Å². The van der Waals surface area contributed by atoms with Crippen LogP contribution in [0.25, 0.3) is 0 Å². The smallest absolute Gasteiger partial charge is 0.338 e. The number of carbonyl (C=O) groups is 2. The molecule has 0 heterocycles. The molecule has 0 unspecified atom stereocenters. The number of hydrogen-bond acceptors (Lipinski definition) is 3. The lowest BCUT2D eigenvalue weighted by molar-refractivity contribution is -0.125. The fourth-order valence-corrected chi connectivity index (χ4v) is 3.10. The molecule has 1 aromatic carbocycles. The minimum atomic E-state index is -0.479. The van der Waals surface area contributed by atoms with E-state index in [1.54, 1.807) is 24.3 Å². The number of halogens is 1. The van der Waals surface area contributed by atoms with Gasteiger partial charge in [-0.2, -0.15) is 0 Å². The summed E-state index contributed by atoms with van der Waals surface area (Å²) >= 11 is 3.31. The third kappa shape index (κ3) is 4.57. The Kier molecular flexibility index (Phi) is 6.00. The number of ether oxygens (including phenoxy) is 1. The molecule has 1 saturated carbocycles. The van der Waals surface area contributed by atoms with Gasteiger partial charge in [0.1, 0.15) is 0 Å². The number of hydrogen-bond donors (Lipinski definition) is 1. The molecule has 5 heteroatoms. The van der Waals surface area contributed by atoms with E-state index in [9.17, 15) is 9.59 Å². The second kappa shape index (κ2) is 7.77. The molecule has 1 aromatic rings. The number of nitrogens with one attached hydrogen (secondary N) is 1. The van der Waals surface area contributed by atoms with Crippen LogP contribution in [0.4, 0.5) is 0 Å². The summed E-state index contributed by atoms with van der Waals surface area (Å²) in [6.45, 7) is 4.16. The molecule has 0 spiro atoms. The van der Waals surface area contributed by atoms with Gasteiger partial charge in [-0.25, -0.2) is 4.79 Å². The zero-order valence-electron chi connectivity index (χ0n) is 13.0. The number of carbonyl (C=O) groups excluding carboxylic acids is 2. The van der Waals surface area contributed by atoms with Gasteiger partial charge < -0.3 is 10.1 Å². The first-order valence-corrected chi connectivity index (χ1v) is 8.48. The topological polar surface area (TPSA) is 55.4 Å². The summed E-state index contributed by atoms with van der Waals surface area (Å²) in [5, 5.41) is 2.99. The van der Waals surface area contributed by atoms with Crippen LogP contribution in [-0.2, 0) is 9.53 Å². The highest BCUT2D eigenvalue weighted by atomic mass is 79.9. The molecule has 1 fully saturated rings. The van der Waals surface area contributed by atoms with Crippen molar-refractivity contribution in [2.75, 3.05) is 6.61 Å². The van der Waals surface area contributed by atoms with Gasteiger partial charge in [0.15, 0.2) is 6.61 Å². The van der Waals surface area contributed by atoms with Crippen molar-refractivity contribution in [3.8, 4) is 0 Å². The lowest BCUT2D eigenvalue weighted by Gasteiger charge is -2.34. The molecule has 0 radical (unpaired) electrons. The number of amides is 1. The van der Waals surface area contributed by atoms with E-state index in [4.69, 9.17) is 4.74 Å². The van der Waals surface area contributed by atoms with Crippen molar-refractivity contribution < 1.29 is 14.3 Å². The number of benzene rings is 1. The normalized spacial score (nSPS) is 24.6. The van der Waals surface area contributed by atoms with E-state index < -0.39 is 5.97 Å². The van der Waals surface area contributed by atoms with E-state index in [0.29, 0.717) is 17.4 Å². The standard InChI is InChI=1S/C17H22BrNO3/c1-11-4-3-5-15(12(11)2)19-16(20)10-22-17(21)13-6-8-14(18)9-7-13/h6-9,11-12,15H,3-5,10H2,1-2H3,(H,19,20)/t11-,12+,15-/m0/s1. The van der Waals surface area contributed by atoms with Crippen LogP contribution in [0.15, 0.2) is 28.7 Å². The zero-order chi connectivity index (χ0) is 16.1. The van der Waals surface area contributed by atoms with Gasteiger partial charge in [0.25, 0.3) is 5.91 Å². The maximum Gasteiger partial charge on any atom is 0.338 e. The van der Waals surface area contributed by atoms with Crippen LogP contribution in [0.1, 0.15) is 43.5 Å². The van der Waals surface area contributed by atoms with Gasteiger partial charge in [-0.3, -0.25) is 4.79 Å². The first-order chi connectivity index (χ1) is 10.5. The Labute approximate surface area is 139 Å². The Bertz CT molecular complexity index is 529. The average Bonchev–Trinajstić information content (AvgIpc) is 2.50. The Balaban J connectivity index is 1.80. The maximum absolute atomic E-state index is 12.0. The van der Waals surface area contributed by atoms with Crippen LogP contribution in [0.2, 0.25) is 0 Å². The molecule has 0 aromatic heterocycles. The molecular formula is C17H22BrNO3. The van der Waals surface area contributed by atoms with E-state index in [1.165, 1.54) is 6.42 Å². The Morgan fingerprint density at radius 1 is 1.23 bits per heavy atom. The van der Waals surface area contributed by atoms with E-state index in [1.807, 2.05) is 0 Å². The molecule has 1 aliphatic carbocycles. The lowest BCUT2D eigenvalue weighted by atomic mass is 9.78. The van der Waals surface area contributed by atoms with Gasteiger partial charge in [-0.05, 0) is 42.5 Å². The summed E-state index contributed by atoms with van der Waals surface area (Å²) in [6, 6.07) is 7.04. The molecule has 1 N–H and O–H groups in total. The summed E-state index contributed by atoms with van der Waals surface area (Å²) < 4.78 is 5.96. The highest BCUT2D eigenvalue weighted by molar-refractivity contribution is 9.10. The van der Waals surface area contributed by atoms with Gasteiger partial charge >= 0.3 is 5.97 Å². The highest BCUT2D eigenvalue weighted by Gasteiger charge is 2.28. The van der Waals surface area contributed by atoms with Crippen molar-refractivity contribution in [3.05, 3.63) is 34.3 Å². The van der Waals surface area contributed by atoms with E-state index in [0.717, 1.165) is 17.3 Å². The molecule has 1 amide bonds. The van der Waals surface area contributed by atoms with Gasteiger partial charge in [-0.15, -0.1) is 0 Å². The average molecular weight is 368 g/mol. The lowest BCUT2D eigenvalue weighted by Crippen LogP contribution is -2.45. The SMILES string of the molecule is C[C@H]1[C@@H](NC(=O)COC(=O)c2ccc(Br)cc2)CCC[C@@H]1C. The first-order valence-electron chi connectivity index (χ1n) is 7.69. The van der Waals surface area contributed by atoms with Crippen molar-refractivity contribution in [2.24, 2.45) is 11.8 Å². The Morgan fingerprint density at radius 2 is 1.91 bits per heavy atom. The first kappa shape index (κ1) is 17.0. The van der Waals surface area contributed by atoms with Gasteiger partial charge in [0.2, 0.25) is 0 Å². The molecule has 0 saturated heterocycles. The highest BCUT2D eigenvalue weighted by Crippen LogP contribution is 2.29. The minimum absolute atomic E-state index is 0.183. The van der Waals surface area contributed by atoms with Crippen LogP contribution in [-0.4, -0.2) is 24.5 Å². The fraction of sp³-hybridized carbons (Fsp3) is 0.529. The van der Waals surface area contributed by atoms with Gasteiger partial charge in [0, 0.05) is 10.5 Å². The number of rotatable bonds is 4. The fourth-order valence-electron chi connectivity index (χ4n) is 2.83. The summed E-state index contributed by atoms with van der Waals surface area (Å²) in [5.41, 5.74) is 0.440. The molecular weight excluding hydrogens is 346 g/mol. The van der Waals surface area contributed by atoms with Crippen LogP contribution in [0.3, 0.4) is 0 Å². The molecule has 4 nitrogen and oxygen atoms in total. The van der Waals surface area contributed by atoms with Crippen LogP contribution >= 0.6 is 15.9 Å². The largest absolute Gasteiger partial charge is 0.452 e. The predicted octanol–water partition coefficient (Wildman–Crippen LogP) is 3.55. The molecule has 3 atom stereocenters. The molecule has 0 aliphatic heterocycles. The van der Waals surface area contributed by atoms with Gasteiger partial charge in [0.05, 0.1) is 5.56 Å². The monoisotopic (exact) mass is 367 g/mol. The summed E-state index contributed by atoms with van der Waals surface area (Å²) in [6.07, 6.45) is 3.35. The summed E-state index contributed by atoms with van der Waals surface area (Å²) in [7, 11) is 0. The second-order valence-corrected chi connectivity index (χ2v) is 6.94. The molecule has 2 rings (SSSR count). The van der Waals surface area contributed by atoms with Crippen molar-refractivity contribution in [1.82, 2.24) is 5.32 Å². The van der Waals surface area contributed by atoms with Crippen LogP contribution in [0, 0.1) is 11.8 Å². The number of esters is 1. The predicted molar refractivity (Wildman–Crippen MR) is 88.5 cm³/mol. The zero-order valence-corrected chi connectivity index (χ0v) is 14.6. The van der Waals surface area contributed by atoms with Crippen molar-refractivity contribution in [2.45, 2.75) is 39.2 Å². The quantitative estimate of drug-likeness (QED) is 0.827. The van der Waals surface area contributed by atoms with Crippen molar-refractivity contribution in [3.63, 3.8) is 0 Å². The molecule has 0 bridgehead atoms. The van der Waals surface area contributed by atoms with Crippen molar-refractivity contribution in [1.29, 1.82) is 0 Å². The Hall–Kier alpha value is -1.36. The molecule has 120 valence electrons. The third-order valence-corrected chi connectivity index (χ3v) is 5.00. The summed E-state index contributed by atoms with van der Waals surface area (Å²) in [4.78, 5) is 23.8. The third-order valence-electron chi connectivity index (χ3n) is 4.47. The minimum Gasteiger partial charge on any atom is -0.452 e. The van der Waals surface area contributed by atoms with Crippen LogP contribution in [0.5, 0.6) is 0 Å². The molecule has 22 heavy (non-hydrogen) atoms. The van der Waals surface area contributed by atoms with Crippen LogP contribution < -0.4 is 5.32 Å². The maximum atomic E-state index is 12.0. The second-order valence-electron chi connectivity index (χ2n) is 6.02. The van der Waals surface area contributed by atoms with Gasteiger partial charge in [-0.1, -0.05) is 42.6 Å². The molecule has 1 aliphatic rings.